The van der Waals surface area contributed by atoms with Crippen molar-refractivity contribution < 1.29 is 0 Å². The van der Waals surface area contributed by atoms with Gasteiger partial charge in [-0.15, -0.1) is 0 Å². The van der Waals surface area contributed by atoms with E-state index in [0.717, 1.165) is 6.42 Å². The molecule has 0 amide bonds. The van der Waals surface area contributed by atoms with Gasteiger partial charge in [-0.3, -0.25) is 0 Å². The van der Waals surface area contributed by atoms with Gasteiger partial charge in [0, 0.05) is 11.7 Å². The molecule has 1 heterocycles. The second kappa shape index (κ2) is 4.68. The molecule has 0 radical (unpaired) electrons. The Hall–Kier alpha value is -0.720. The van der Waals surface area contributed by atoms with Crippen molar-refractivity contribution >= 4 is 0 Å². The Morgan fingerprint density at radius 1 is 1.29 bits per heavy atom. The molecule has 0 bridgehead atoms. The van der Waals surface area contributed by atoms with Gasteiger partial charge in [0.1, 0.15) is 0 Å². The molecule has 1 aliphatic rings. The van der Waals surface area contributed by atoms with Crippen LogP contribution >= 0.6 is 0 Å². The van der Waals surface area contributed by atoms with Gasteiger partial charge in [-0.25, -0.2) is 0 Å². The first-order chi connectivity index (χ1) is 6.54. The van der Waals surface area contributed by atoms with Crippen molar-refractivity contribution in [2.45, 2.75) is 47.1 Å². The van der Waals surface area contributed by atoms with Crippen molar-refractivity contribution in [2.24, 2.45) is 11.8 Å². The van der Waals surface area contributed by atoms with Crippen molar-refractivity contribution in [1.29, 1.82) is 0 Å². The Labute approximate surface area is 88.3 Å². The third-order valence-corrected chi connectivity index (χ3v) is 2.83. The molecule has 0 saturated heterocycles. The summed E-state index contributed by atoms with van der Waals surface area (Å²) >= 11 is 0. The molecule has 80 valence electrons. The van der Waals surface area contributed by atoms with Gasteiger partial charge < -0.3 is 5.32 Å². The Morgan fingerprint density at radius 2 is 1.93 bits per heavy atom. The number of dihydropyridines is 1. The predicted molar refractivity (Wildman–Crippen MR) is 63.1 cm³/mol. The maximum absolute atomic E-state index is 3.57. The Balaban J connectivity index is 2.85. The minimum atomic E-state index is 0.521. The minimum absolute atomic E-state index is 0.521. The summed E-state index contributed by atoms with van der Waals surface area (Å²) in [5, 5.41) is 3.57. The van der Waals surface area contributed by atoms with Crippen LogP contribution in [0.1, 0.15) is 41.0 Å². The topological polar surface area (TPSA) is 12.0 Å². The molecule has 1 unspecified atom stereocenters. The SMILES string of the molecule is CCC1=CC(C(C)C)=CC(C(C)C)N1. The lowest BCUT2D eigenvalue weighted by atomic mass is 9.91. The molecule has 1 rings (SSSR count). The fourth-order valence-electron chi connectivity index (χ4n) is 1.68. The van der Waals surface area contributed by atoms with Crippen molar-refractivity contribution in [1.82, 2.24) is 5.32 Å². The average molecular weight is 193 g/mol. The molecular formula is C13H23N. The molecule has 0 aromatic carbocycles. The second-order valence-electron chi connectivity index (χ2n) is 4.76. The maximum Gasteiger partial charge on any atom is 0.0470 e. The third-order valence-electron chi connectivity index (χ3n) is 2.83. The molecule has 0 aromatic rings. The van der Waals surface area contributed by atoms with Crippen LogP contribution in [0.2, 0.25) is 0 Å². The Bertz CT molecular complexity index is 246. The van der Waals surface area contributed by atoms with Crippen LogP contribution in [0.5, 0.6) is 0 Å². The van der Waals surface area contributed by atoms with Crippen LogP contribution in [0.15, 0.2) is 23.4 Å². The van der Waals surface area contributed by atoms with Gasteiger partial charge in [0.15, 0.2) is 0 Å². The summed E-state index contributed by atoms with van der Waals surface area (Å²) in [4.78, 5) is 0. The van der Waals surface area contributed by atoms with E-state index >= 15 is 0 Å². The molecule has 1 nitrogen and oxygen atoms in total. The summed E-state index contributed by atoms with van der Waals surface area (Å²) in [7, 11) is 0. The molecule has 0 fully saturated rings. The highest BCUT2D eigenvalue weighted by molar-refractivity contribution is 5.31. The third kappa shape index (κ3) is 2.63. The van der Waals surface area contributed by atoms with Crippen LogP contribution < -0.4 is 5.32 Å². The summed E-state index contributed by atoms with van der Waals surface area (Å²) in [6, 6.07) is 0.521. The van der Waals surface area contributed by atoms with E-state index in [4.69, 9.17) is 0 Å². The van der Waals surface area contributed by atoms with Gasteiger partial charge >= 0.3 is 0 Å². The molecular weight excluding hydrogens is 170 g/mol. The largest absolute Gasteiger partial charge is 0.382 e. The molecule has 0 spiro atoms. The van der Waals surface area contributed by atoms with Crippen molar-refractivity contribution in [2.75, 3.05) is 0 Å². The lowest BCUT2D eigenvalue weighted by Gasteiger charge is -2.28. The van der Waals surface area contributed by atoms with Gasteiger partial charge in [0.05, 0.1) is 0 Å². The van der Waals surface area contributed by atoms with Gasteiger partial charge in [-0.05, 0) is 29.9 Å². The summed E-state index contributed by atoms with van der Waals surface area (Å²) in [5.74, 6) is 1.30. The maximum atomic E-state index is 3.57. The van der Waals surface area contributed by atoms with Gasteiger partial charge in [-0.1, -0.05) is 40.7 Å². The first-order valence-corrected chi connectivity index (χ1v) is 5.73. The van der Waals surface area contributed by atoms with Crippen LogP contribution in [-0.4, -0.2) is 6.04 Å². The summed E-state index contributed by atoms with van der Waals surface area (Å²) in [6.45, 7) is 11.3. The summed E-state index contributed by atoms with van der Waals surface area (Å²) in [6.07, 6.45) is 5.80. The molecule has 14 heavy (non-hydrogen) atoms. The van der Waals surface area contributed by atoms with E-state index in [9.17, 15) is 0 Å². The standard InChI is InChI=1S/C13H23N/c1-6-12-7-11(9(2)3)8-13(14-12)10(4)5/h7-10,13-14H,6H2,1-5H3. The van der Waals surface area contributed by atoms with E-state index in [0.29, 0.717) is 17.9 Å². The van der Waals surface area contributed by atoms with Crippen molar-refractivity contribution in [3.63, 3.8) is 0 Å². The quantitative estimate of drug-likeness (QED) is 0.723. The molecule has 1 atom stereocenters. The Morgan fingerprint density at radius 3 is 2.36 bits per heavy atom. The molecule has 0 saturated carbocycles. The number of allylic oxidation sites excluding steroid dienone is 3. The van der Waals surface area contributed by atoms with Crippen LogP contribution in [0.25, 0.3) is 0 Å². The first kappa shape index (κ1) is 11.4. The molecule has 1 aliphatic heterocycles. The van der Waals surface area contributed by atoms with Crippen molar-refractivity contribution in [3.05, 3.63) is 23.4 Å². The lowest BCUT2D eigenvalue weighted by molar-refractivity contribution is 0.484. The lowest BCUT2D eigenvalue weighted by Crippen LogP contribution is -2.34. The normalized spacial score (nSPS) is 22.1. The average Bonchev–Trinajstić information content (AvgIpc) is 2.16. The van der Waals surface area contributed by atoms with Crippen LogP contribution in [0, 0.1) is 11.8 Å². The van der Waals surface area contributed by atoms with Crippen molar-refractivity contribution in [3.8, 4) is 0 Å². The number of nitrogens with one attached hydrogen (secondary N) is 1. The minimum Gasteiger partial charge on any atom is -0.382 e. The zero-order chi connectivity index (χ0) is 10.7. The Kier molecular flexibility index (Phi) is 3.79. The van der Waals surface area contributed by atoms with Gasteiger partial charge in [0.2, 0.25) is 0 Å². The van der Waals surface area contributed by atoms with E-state index in [1.54, 1.807) is 0 Å². The van der Waals surface area contributed by atoms with E-state index in [1.807, 2.05) is 0 Å². The van der Waals surface area contributed by atoms with Crippen LogP contribution in [0.3, 0.4) is 0 Å². The van der Waals surface area contributed by atoms with Gasteiger partial charge in [-0.2, -0.15) is 0 Å². The number of hydrogen-bond acceptors (Lipinski definition) is 1. The summed E-state index contributed by atoms with van der Waals surface area (Å²) < 4.78 is 0. The number of hydrogen-bond donors (Lipinski definition) is 1. The van der Waals surface area contributed by atoms with E-state index in [-0.39, 0.29) is 0 Å². The van der Waals surface area contributed by atoms with Crippen LogP contribution in [-0.2, 0) is 0 Å². The molecule has 0 aliphatic carbocycles. The highest BCUT2D eigenvalue weighted by atomic mass is 14.9. The fraction of sp³-hybridized carbons (Fsp3) is 0.692. The predicted octanol–water partition coefficient (Wildman–Crippen LogP) is 3.49. The fourth-order valence-corrected chi connectivity index (χ4v) is 1.68. The monoisotopic (exact) mass is 193 g/mol. The van der Waals surface area contributed by atoms with Crippen LogP contribution in [0.4, 0.5) is 0 Å². The van der Waals surface area contributed by atoms with E-state index < -0.39 is 0 Å². The van der Waals surface area contributed by atoms with E-state index in [2.05, 4.69) is 52.1 Å². The van der Waals surface area contributed by atoms with Gasteiger partial charge in [0.25, 0.3) is 0 Å². The first-order valence-electron chi connectivity index (χ1n) is 5.73. The summed E-state index contributed by atoms with van der Waals surface area (Å²) in [5.41, 5.74) is 2.87. The molecule has 0 aromatic heterocycles. The second-order valence-corrected chi connectivity index (χ2v) is 4.76. The zero-order valence-corrected chi connectivity index (χ0v) is 10.1. The van der Waals surface area contributed by atoms with E-state index in [1.165, 1.54) is 11.3 Å². The highest BCUT2D eigenvalue weighted by Gasteiger charge is 2.17. The zero-order valence-electron chi connectivity index (χ0n) is 10.1. The molecule has 1 N–H and O–H groups in total. The molecule has 1 heteroatoms. The highest BCUT2D eigenvalue weighted by Crippen LogP contribution is 2.22. The smallest absolute Gasteiger partial charge is 0.0470 e. The number of rotatable bonds is 3.